The van der Waals surface area contributed by atoms with Crippen LogP contribution in [0.1, 0.15) is 48.0 Å². The van der Waals surface area contributed by atoms with E-state index in [4.69, 9.17) is 0 Å². The molecule has 1 saturated carbocycles. The van der Waals surface area contributed by atoms with Crippen molar-refractivity contribution in [3.63, 3.8) is 0 Å². The number of hydrogen-bond donors (Lipinski definition) is 1. The van der Waals surface area contributed by atoms with E-state index in [0.29, 0.717) is 17.2 Å². The summed E-state index contributed by atoms with van der Waals surface area (Å²) in [5.41, 5.74) is 1.68. The lowest BCUT2D eigenvalue weighted by Gasteiger charge is -2.34. The first-order valence-electron chi connectivity index (χ1n) is 8.31. The lowest BCUT2D eigenvalue weighted by atomic mass is 9.88. The molecule has 124 valence electrons. The van der Waals surface area contributed by atoms with Crippen molar-refractivity contribution in [1.29, 1.82) is 0 Å². The standard InChI is InChI=1S/C18H23NO3S/c1-12-7-9-13(10-8-12)16(20)19-15(18(21)22)11-23-17(19)14-5-3-2-4-6-14/h7-10,14-15,17H,2-6,11H2,1H3,(H,21,22)/t15-,17-/m0/s1. The van der Waals surface area contributed by atoms with Crippen LogP contribution in [0.15, 0.2) is 24.3 Å². The molecule has 0 radical (unpaired) electrons. The number of aliphatic carboxylic acids is 1. The van der Waals surface area contributed by atoms with Gasteiger partial charge in [0.05, 0.1) is 5.37 Å². The fourth-order valence-electron chi connectivity index (χ4n) is 3.60. The van der Waals surface area contributed by atoms with Crippen LogP contribution in [0.2, 0.25) is 0 Å². The normalized spacial score (nSPS) is 25.5. The summed E-state index contributed by atoms with van der Waals surface area (Å²) in [6.07, 6.45) is 5.82. The van der Waals surface area contributed by atoms with Crippen molar-refractivity contribution in [3.8, 4) is 0 Å². The number of amides is 1. The predicted octanol–water partition coefficient (Wildman–Crippen LogP) is 3.54. The number of rotatable bonds is 3. The number of carbonyl (C=O) groups is 2. The van der Waals surface area contributed by atoms with E-state index in [2.05, 4.69) is 0 Å². The van der Waals surface area contributed by atoms with Crippen molar-refractivity contribution < 1.29 is 14.7 Å². The van der Waals surface area contributed by atoms with Gasteiger partial charge in [0.25, 0.3) is 5.91 Å². The summed E-state index contributed by atoms with van der Waals surface area (Å²) in [4.78, 5) is 26.2. The van der Waals surface area contributed by atoms with Crippen LogP contribution in [-0.2, 0) is 4.79 Å². The van der Waals surface area contributed by atoms with E-state index in [1.54, 1.807) is 28.8 Å². The summed E-state index contributed by atoms with van der Waals surface area (Å²) in [7, 11) is 0. The van der Waals surface area contributed by atoms with Crippen molar-refractivity contribution in [3.05, 3.63) is 35.4 Å². The molecule has 1 aliphatic carbocycles. The number of nitrogens with zero attached hydrogens (tertiary/aromatic N) is 1. The average molecular weight is 333 g/mol. The van der Waals surface area contributed by atoms with E-state index >= 15 is 0 Å². The van der Waals surface area contributed by atoms with Gasteiger partial charge in [0, 0.05) is 11.3 Å². The van der Waals surface area contributed by atoms with Crippen LogP contribution in [0.5, 0.6) is 0 Å². The average Bonchev–Trinajstić information content (AvgIpc) is 3.01. The zero-order valence-electron chi connectivity index (χ0n) is 13.4. The molecule has 2 fully saturated rings. The molecule has 3 rings (SSSR count). The second-order valence-corrected chi connectivity index (χ2v) is 7.70. The number of carboxylic acids is 1. The SMILES string of the molecule is Cc1ccc(C(=O)N2[C@H](C(=O)O)CS[C@H]2C2CCCCC2)cc1. The molecule has 2 aliphatic rings. The minimum Gasteiger partial charge on any atom is -0.480 e. The number of carboxylic acid groups (broad SMARTS) is 1. The first-order valence-corrected chi connectivity index (χ1v) is 9.36. The molecule has 2 atom stereocenters. The molecular formula is C18H23NO3S. The van der Waals surface area contributed by atoms with E-state index in [1.807, 2.05) is 19.1 Å². The van der Waals surface area contributed by atoms with Gasteiger partial charge in [-0.1, -0.05) is 37.0 Å². The Labute approximate surface area is 141 Å². The Morgan fingerprint density at radius 1 is 1.13 bits per heavy atom. The fraction of sp³-hybridized carbons (Fsp3) is 0.556. The summed E-state index contributed by atoms with van der Waals surface area (Å²) in [5.74, 6) is -0.115. The maximum atomic E-state index is 13.0. The monoisotopic (exact) mass is 333 g/mol. The Kier molecular flexibility index (Phi) is 4.95. The number of carbonyl (C=O) groups excluding carboxylic acids is 1. The quantitative estimate of drug-likeness (QED) is 0.919. The molecule has 0 bridgehead atoms. The molecule has 1 aliphatic heterocycles. The highest BCUT2D eigenvalue weighted by atomic mass is 32.2. The third-order valence-corrected chi connectivity index (χ3v) is 6.37. The first-order chi connectivity index (χ1) is 11.1. The Morgan fingerprint density at radius 3 is 2.39 bits per heavy atom. The molecule has 4 nitrogen and oxygen atoms in total. The van der Waals surface area contributed by atoms with Crippen LogP contribution in [0, 0.1) is 12.8 Å². The first kappa shape index (κ1) is 16.4. The fourth-order valence-corrected chi connectivity index (χ4v) is 5.23. The van der Waals surface area contributed by atoms with E-state index in [0.717, 1.165) is 18.4 Å². The van der Waals surface area contributed by atoms with Gasteiger partial charge in [0.15, 0.2) is 0 Å². The highest BCUT2D eigenvalue weighted by molar-refractivity contribution is 8.00. The van der Waals surface area contributed by atoms with Gasteiger partial charge < -0.3 is 10.0 Å². The Hall–Kier alpha value is -1.49. The van der Waals surface area contributed by atoms with E-state index in [9.17, 15) is 14.7 Å². The van der Waals surface area contributed by atoms with Crippen molar-refractivity contribution in [2.24, 2.45) is 5.92 Å². The smallest absolute Gasteiger partial charge is 0.327 e. The number of benzene rings is 1. The highest BCUT2D eigenvalue weighted by Gasteiger charge is 2.45. The third-order valence-electron chi connectivity index (χ3n) is 4.91. The third kappa shape index (κ3) is 3.39. The molecule has 5 heteroatoms. The molecule has 1 saturated heterocycles. The van der Waals surface area contributed by atoms with E-state index in [-0.39, 0.29) is 11.3 Å². The van der Waals surface area contributed by atoms with Crippen LogP contribution < -0.4 is 0 Å². The second kappa shape index (κ2) is 6.95. The van der Waals surface area contributed by atoms with Gasteiger partial charge in [0.2, 0.25) is 0 Å². The van der Waals surface area contributed by atoms with Crippen LogP contribution in [-0.4, -0.2) is 39.1 Å². The van der Waals surface area contributed by atoms with Gasteiger partial charge in [-0.05, 0) is 37.8 Å². The second-order valence-electron chi connectivity index (χ2n) is 6.55. The topological polar surface area (TPSA) is 57.6 Å². The van der Waals surface area contributed by atoms with Gasteiger partial charge in [-0.2, -0.15) is 0 Å². The van der Waals surface area contributed by atoms with Gasteiger partial charge in [-0.25, -0.2) is 4.79 Å². The van der Waals surface area contributed by atoms with E-state index in [1.165, 1.54) is 19.3 Å². The largest absolute Gasteiger partial charge is 0.480 e. The molecule has 0 spiro atoms. The van der Waals surface area contributed by atoms with Gasteiger partial charge >= 0.3 is 5.97 Å². The Bertz CT molecular complexity index is 580. The molecular weight excluding hydrogens is 310 g/mol. The van der Waals surface area contributed by atoms with Crippen molar-refractivity contribution in [2.45, 2.75) is 50.4 Å². The lowest BCUT2D eigenvalue weighted by molar-refractivity contribution is -0.141. The minimum absolute atomic E-state index is 0.00482. The lowest BCUT2D eigenvalue weighted by Crippen LogP contribution is -2.48. The summed E-state index contributed by atoms with van der Waals surface area (Å²) in [6, 6.07) is 6.71. The van der Waals surface area contributed by atoms with Crippen LogP contribution in [0.25, 0.3) is 0 Å². The molecule has 1 aromatic carbocycles. The van der Waals surface area contributed by atoms with Crippen LogP contribution in [0.4, 0.5) is 0 Å². The molecule has 1 heterocycles. The molecule has 1 aromatic rings. The van der Waals surface area contributed by atoms with Crippen molar-refractivity contribution >= 4 is 23.6 Å². The van der Waals surface area contributed by atoms with Crippen LogP contribution >= 0.6 is 11.8 Å². The summed E-state index contributed by atoms with van der Waals surface area (Å²) >= 11 is 1.64. The molecule has 1 amide bonds. The highest BCUT2D eigenvalue weighted by Crippen LogP contribution is 2.41. The van der Waals surface area contributed by atoms with Gasteiger partial charge in [0.1, 0.15) is 6.04 Å². The Balaban J connectivity index is 1.87. The number of aryl methyl sites for hydroxylation is 1. The molecule has 1 N–H and O–H groups in total. The minimum atomic E-state index is -0.892. The summed E-state index contributed by atoms with van der Waals surface area (Å²) in [5, 5.41) is 9.54. The van der Waals surface area contributed by atoms with Crippen LogP contribution in [0.3, 0.4) is 0 Å². The molecule has 0 unspecified atom stereocenters. The molecule has 23 heavy (non-hydrogen) atoms. The predicted molar refractivity (Wildman–Crippen MR) is 91.6 cm³/mol. The van der Waals surface area contributed by atoms with Gasteiger partial charge in [-0.15, -0.1) is 11.8 Å². The number of thioether (sulfide) groups is 1. The summed E-state index contributed by atoms with van der Waals surface area (Å²) < 4.78 is 0. The molecule has 0 aromatic heterocycles. The summed E-state index contributed by atoms with van der Waals surface area (Å²) in [6.45, 7) is 1.98. The van der Waals surface area contributed by atoms with Crippen molar-refractivity contribution in [1.82, 2.24) is 4.90 Å². The number of hydrogen-bond acceptors (Lipinski definition) is 3. The van der Waals surface area contributed by atoms with Gasteiger partial charge in [-0.3, -0.25) is 4.79 Å². The zero-order valence-corrected chi connectivity index (χ0v) is 14.2. The zero-order chi connectivity index (χ0) is 16.4. The Morgan fingerprint density at radius 2 is 1.78 bits per heavy atom. The maximum Gasteiger partial charge on any atom is 0.327 e. The van der Waals surface area contributed by atoms with E-state index < -0.39 is 12.0 Å². The van der Waals surface area contributed by atoms with Crippen molar-refractivity contribution in [2.75, 3.05) is 5.75 Å². The maximum absolute atomic E-state index is 13.0.